The summed E-state index contributed by atoms with van der Waals surface area (Å²) in [6.07, 6.45) is 6.97. The number of carbonyl (C=O) groups is 1. The zero-order valence-electron chi connectivity index (χ0n) is 12.9. The van der Waals surface area contributed by atoms with Gasteiger partial charge < -0.3 is 14.6 Å². The largest absolute Gasteiger partial charge is 0.481 e. The summed E-state index contributed by atoms with van der Waals surface area (Å²) in [4.78, 5) is 11.2. The maximum absolute atomic E-state index is 11.2. The van der Waals surface area contributed by atoms with E-state index in [0.29, 0.717) is 13.0 Å². The van der Waals surface area contributed by atoms with Gasteiger partial charge in [0.1, 0.15) is 5.60 Å². The topological polar surface area (TPSA) is 55.8 Å². The van der Waals surface area contributed by atoms with E-state index in [0.717, 1.165) is 24.8 Å². The van der Waals surface area contributed by atoms with Crippen molar-refractivity contribution in [2.24, 2.45) is 5.92 Å². The average Bonchev–Trinajstić information content (AvgIpc) is 2.38. The second-order valence-corrected chi connectivity index (χ2v) is 5.39. The number of rotatable bonds is 8. The van der Waals surface area contributed by atoms with Gasteiger partial charge >= 0.3 is 5.97 Å². The van der Waals surface area contributed by atoms with Crippen LogP contribution in [0.4, 0.5) is 0 Å². The molecule has 20 heavy (non-hydrogen) atoms. The zero-order valence-corrected chi connectivity index (χ0v) is 12.9. The molecule has 1 aliphatic heterocycles. The highest BCUT2D eigenvalue weighted by Gasteiger charge is 2.47. The highest BCUT2D eigenvalue weighted by Crippen LogP contribution is 2.45. The van der Waals surface area contributed by atoms with Crippen LogP contribution in [0.15, 0.2) is 23.7 Å². The lowest BCUT2D eigenvalue weighted by atomic mass is 9.77. The summed E-state index contributed by atoms with van der Waals surface area (Å²) >= 11 is 0. The number of esters is 1. The fourth-order valence-corrected chi connectivity index (χ4v) is 2.38. The van der Waals surface area contributed by atoms with Crippen LogP contribution in [0, 0.1) is 5.92 Å². The van der Waals surface area contributed by atoms with Crippen molar-refractivity contribution in [3.05, 3.63) is 23.7 Å². The first-order valence-corrected chi connectivity index (χ1v) is 7.40. The van der Waals surface area contributed by atoms with Crippen molar-refractivity contribution in [1.29, 1.82) is 0 Å². The fraction of sp³-hybridized carbons (Fsp3) is 0.688. The molecule has 0 fully saturated rings. The van der Waals surface area contributed by atoms with Crippen molar-refractivity contribution in [3.63, 3.8) is 0 Å². The Morgan fingerprint density at radius 3 is 2.75 bits per heavy atom. The molecule has 2 unspecified atom stereocenters. The Kier molecular flexibility index (Phi) is 6.11. The van der Waals surface area contributed by atoms with Gasteiger partial charge in [-0.15, -0.1) is 0 Å². The van der Waals surface area contributed by atoms with Gasteiger partial charge in [0, 0.05) is 12.0 Å². The average molecular weight is 282 g/mol. The lowest BCUT2D eigenvalue weighted by Crippen LogP contribution is -2.46. The number of aliphatic hydroxyl groups is 1. The number of hydrogen-bond acceptors (Lipinski definition) is 4. The van der Waals surface area contributed by atoms with Gasteiger partial charge in [0.05, 0.1) is 12.2 Å². The quantitative estimate of drug-likeness (QED) is 0.542. The predicted octanol–water partition coefficient (Wildman–Crippen LogP) is 3.88. The smallest absolute Gasteiger partial charge is 0.330 e. The number of allylic oxidation sites excluding steroid dienone is 1. The van der Waals surface area contributed by atoms with Crippen LogP contribution in [0.5, 0.6) is 0 Å². The van der Waals surface area contributed by atoms with Gasteiger partial charge in [0.2, 0.25) is 0 Å². The molecule has 0 aromatic heterocycles. The minimum Gasteiger partial charge on any atom is -0.481 e. The molecule has 0 aliphatic carbocycles. The van der Waals surface area contributed by atoms with Crippen LogP contribution in [-0.4, -0.2) is 23.3 Å². The molecule has 4 heteroatoms. The summed E-state index contributed by atoms with van der Waals surface area (Å²) in [6, 6.07) is 0. The molecule has 4 nitrogen and oxygen atoms in total. The zero-order chi connectivity index (χ0) is 15.2. The van der Waals surface area contributed by atoms with E-state index in [4.69, 9.17) is 9.47 Å². The van der Waals surface area contributed by atoms with Crippen LogP contribution >= 0.6 is 0 Å². The summed E-state index contributed by atoms with van der Waals surface area (Å²) in [7, 11) is 0. The molecule has 2 atom stereocenters. The van der Waals surface area contributed by atoms with Crippen LogP contribution < -0.4 is 0 Å². The molecule has 0 amide bonds. The van der Waals surface area contributed by atoms with Crippen molar-refractivity contribution < 1.29 is 19.4 Å². The standard InChI is InChI=1S/C16H26O4/c1-5-7-10-13-15(18)20-16(13,4)12(3)9-8-11-14(17)19-6-2/h8,11-12,18H,5-7,9-10H2,1-4H3/b11-8+. The minimum absolute atomic E-state index is 0.0853. The second kappa shape index (κ2) is 7.36. The van der Waals surface area contributed by atoms with Gasteiger partial charge in [-0.1, -0.05) is 26.3 Å². The first-order valence-electron chi connectivity index (χ1n) is 7.40. The van der Waals surface area contributed by atoms with E-state index < -0.39 is 5.60 Å². The number of carbonyl (C=O) groups excluding carboxylic acids is 1. The normalized spacial score (nSPS) is 23.4. The summed E-state index contributed by atoms with van der Waals surface area (Å²) in [5, 5.41) is 9.67. The predicted molar refractivity (Wildman–Crippen MR) is 78.2 cm³/mol. The molecular weight excluding hydrogens is 256 g/mol. The molecule has 0 bridgehead atoms. The first kappa shape index (κ1) is 16.6. The summed E-state index contributed by atoms with van der Waals surface area (Å²) in [6.45, 7) is 8.36. The molecule has 0 radical (unpaired) electrons. The third kappa shape index (κ3) is 3.78. The highest BCUT2D eigenvalue weighted by atomic mass is 16.6. The minimum atomic E-state index is -0.418. The molecule has 114 valence electrons. The van der Waals surface area contributed by atoms with Gasteiger partial charge in [0.25, 0.3) is 5.95 Å². The Morgan fingerprint density at radius 2 is 2.20 bits per heavy atom. The summed E-state index contributed by atoms with van der Waals surface area (Å²) in [5.41, 5.74) is 0.578. The number of hydrogen-bond donors (Lipinski definition) is 1. The molecule has 0 spiro atoms. The summed E-state index contributed by atoms with van der Waals surface area (Å²) in [5.74, 6) is -0.0397. The first-order chi connectivity index (χ1) is 9.45. The van der Waals surface area contributed by atoms with Crippen LogP contribution in [0.3, 0.4) is 0 Å². The van der Waals surface area contributed by atoms with Crippen molar-refractivity contribution in [2.45, 2.75) is 59.0 Å². The molecule has 0 saturated heterocycles. The van der Waals surface area contributed by atoms with Gasteiger partial charge in [-0.2, -0.15) is 0 Å². The van der Waals surface area contributed by atoms with E-state index in [1.807, 2.05) is 13.0 Å². The molecule has 1 heterocycles. The van der Waals surface area contributed by atoms with Crippen LogP contribution in [0.2, 0.25) is 0 Å². The number of unbranched alkanes of at least 4 members (excludes halogenated alkanes) is 1. The molecule has 0 aromatic carbocycles. The monoisotopic (exact) mass is 282 g/mol. The van der Waals surface area contributed by atoms with Crippen LogP contribution in [-0.2, 0) is 14.3 Å². The van der Waals surface area contributed by atoms with Crippen LogP contribution in [0.1, 0.15) is 53.4 Å². The van der Waals surface area contributed by atoms with E-state index >= 15 is 0 Å². The van der Waals surface area contributed by atoms with Crippen molar-refractivity contribution in [1.82, 2.24) is 0 Å². The van der Waals surface area contributed by atoms with Crippen molar-refractivity contribution in [3.8, 4) is 0 Å². The van der Waals surface area contributed by atoms with Gasteiger partial charge in [-0.25, -0.2) is 4.79 Å². The highest BCUT2D eigenvalue weighted by molar-refractivity contribution is 5.81. The third-order valence-corrected chi connectivity index (χ3v) is 3.92. The Hall–Kier alpha value is -1.45. The lowest BCUT2D eigenvalue weighted by Gasteiger charge is -2.44. The van der Waals surface area contributed by atoms with Crippen molar-refractivity contribution >= 4 is 5.97 Å². The third-order valence-electron chi connectivity index (χ3n) is 3.92. The Bertz CT molecular complexity index is 397. The van der Waals surface area contributed by atoms with E-state index in [1.54, 1.807) is 6.92 Å². The molecular formula is C16H26O4. The Balaban J connectivity index is 2.55. The molecule has 1 N–H and O–H groups in total. The number of ether oxygens (including phenoxy) is 2. The second-order valence-electron chi connectivity index (χ2n) is 5.39. The maximum Gasteiger partial charge on any atom is 0.330 e. The Labute approximate surface area is 121 Å². The Morgan fingerprint density at radius 1 is 1.50 bits per heavy atom. The summed E-state index contributed by atoms with van der Waals surface area (Å²) < 4.78 is 10.3. The van der Waals surface area contributed by atoms with Gasteiger partial charge in [0.15, 0.2) is 0 Å². The number of aliphatic hydroxyl groups excluding tert-OH is 1. The van der Waals surface area contributed by atoms with Gasteiger partial charge in [-0.3, -0.25) is 0 Å². The van der Waals surface area contributed by atoms with Crippen molar-refractivity contribution in [2.75, 3.05) is 6.61 Å². The molecule has 1 rings (SSSR count). The maximum atomic E-state index is 11.2. The molecule has 0 aromatic rings. The van der Waals surface area contributed by atoms with E-state index in [9.17, 15) is 9.90 Å². The lowest BCUT2D eigenvalue weighted by molar-refractivity contribution is -0.137. The fourth-order valence-electron chi connectivity index (χ4n) is 2.38. The van der Waals surface area contributed by atoms with Crippen LogP contribution in [0.25, 0.3) is 0 Å². The SMILES string of the molecule is CCCCC1=C(O)OC1(C)C(C)C/C=C/C(=O)OCC. The molecule has 1 aliphatic rings. The van der Waals surface area contributed by atoms with E-state index in [-0.39, 0.29) is 17.8 Å². The van der Waals surface area contributed by atoms with E-state index in [2.05, 4.69) is 13.8 Å². The van der Waals surface area contributed by atoms with E-state index in [1.165, 1.54) is 6.08 Å². The van der Waals surface area contributed by atoms with Gasteiger partial charge in [-0.05, 0) is 33.1 Å². The molecule has 0 saturated carbocycles.